The Morgan fingerprint density at radius 2 is 0.724 bits per heavy atom. The van der Waals surface area contributed by atoms with Gasteiger partial charge in [-0.2, -0.15) is 0 Å². The van der Waals surface area contributed by atoms with E-state index in [0.29, 0.717) is 32.0 Å². The molecule has 0 aliphatic heterocycles. The fourth-order valence-corrected chi connectivity index (χ4v) is 8.09. The van der Waals surface area contributed by atoms with E-state index in [2.05, 4.69) is 51.6 Å². The van der Waals surface area contributed by atoms with Gasteiger partial charge in [-0.3, -0.25) is 19.3 Å². The predicted octanol–water partition coefficient (Wildman–Crippen LogP) is 14.1. The van der Waals surface area contributed by atoms with Crippen LogP contribution in [0, 0.1) is 11.8 Å². The maximum absolute atomic E-state index is 13.0. The summed E-state index contributed by atoms with van der Waals surface area (Å²) in [6.07, 6.45) is 38.4. The second-order valence-electron chi connectivity index (χ2n) is 18.1. The summed E-state index contributed by atoms with van der Waals surface area (Å²) in [7, 11) is 4.12. The average Bonchev–Trinajstić information content (AvgIpc) is 3.20. The van der Waals surface area contributed by atoms with E-state index in [1.54, 1.807) is 0 Å². The van der Waals surface area contributed by atoms with E-state index < -0.39 is 0 Å². The quantitative estimate of drug-likeness (QED) is 0.0447. The number of hydrogen-bond donors (Lipinski definition) is 0. The van der Waals surface area contributed by atoms with E-state index in [-0.39, 0.29) is 23.8 Å². The summed E-state index contributed by atoms with van der Waals surface area (Å²) >= 11 is 0. The Morgan fingerprint density at radius 1 is 0.397 bits per heavy atom. The zero-order valence-electron chi connectivity index (χ0n) is 39.9. The smallest absolute Gasteiger partial charge is 0.308 e. The topological polar surface area (TPSA) is 76.1 Å². The van der Waals surface area contributed by atoms with Crippen LogP contribution >= 0.6 is 0 Å². The third kappa shape index (κ3) is 37.5. The SMILES string of the molecule is CCCCCCCCC(CCCCCC)C(=O)OCCCCCCN(CCCCCCOC(=O)C(CCCCCC)CCCCCCCC)CC(=O)CCCN(C)C. The highest BCUT2D eigenvalue weighted by Gasteiger charge is 2.20. The molecule has 2 unspecified atom stereocenters. The highest BCUT2D eigenvalue weighted by atomic mass is 16.5. The Kier molecular flexibility index (Phi) is 42.5. The highest BCUT2D eigenvalue weighted by Crippen LogP contribution is 2.22. The zero-order valence-corrected chi connectivity index (χ0v) is 39.9. The molecule has 0 aromatic carbocycles. The molecule has 0 fully saturated rings. The van der Waals surface area contributed by atoms with Crippen LogP contribution in [-0.2, 0) is 23.9 Å². The summed E-state index contributed by atoms with van der Waals surface area (Å²) in [6, 6.07) is 0. The Labute approximate surface area is 361 Å². The molecule has 7 nitrogen and oxygen atoms in total. The number of unbranched alkanes of at least 4 members (excludes halogenated alkanes) is 22. The molecule has 0 spiro atoms. The maximum Gasteiger partial charge on any atom is 0.308 e. The van der Waals surface area contributed by atoms with E-state index in [4.69, 9.17) is 9.47 Å². The second-order valence-corrected chi connectivity index (χ2v) is 18.1. The van der Waals surface area contributed by atoms with Crippen LogP contribution in [-0.4, -0.2) is 81.0 Å². The molecule has 0 amide bonds. The molecule has 0 rings (SSSR count). The lowest BCUT2D eigenvalue weighted by atomic mass is 9.94. The number of ether oxygens (including phenoxy) is 2. The molecule has 344 valence electrons. The van der Waals surface area contributed by atoms with Crippen molar-refractivity contribution in [3.05, 3.63) is 0 Å². The lowest BCUT2D eigenvalue weighted by Gasteiger charge is -2.22. The molecule has 58 heavy (non-hydrogen) atoms. The van der Waals surface area contributed by atoms with E-state index in [9.17, 15) is 14.4 Å². The first kappa shape index (κ1) is 56.5. The fraction of sp³-hybridized carbons (Fsp3) is 0.941. The minimum Gasteiger partial charge on any atom is -0.465 e. The standard InChI is InChI=1S/C51H100N2O5/c1-7-11-15-19-21-29-38-47(36-27-17-13-9-3)50(55)57-44-33-25-23-31-42-53(46-49(54)40-35-41-52(5)6)43-32-24-26-34-45-58-51(56)48(37-28-18-14-10-4)39-30-22-20-16-12-8-2/h47-48H,7-46H2,1-6H3. The van der Waals surface area contributed by atoms with E-state index in [1.165, 1.54) is 103 Å². The van der Waals surface area contributed by atoms with Gasteiger partial charge in [0.2, 0.25) is 0 Å². The number of esters is 2. The highest BCUT2D eigenvalue weighted by molar-refractivity contribution is 5.80. The monoisotopic (exact) mass is 821 g/mol. The third-order valence-electron chi connectivity index (χ3n) is 12.0. The molecule has 0 N–H and O–H groups in total. The molecule has 0 saturated heterocycles. The van der Waals surface area contributed by atoms with Crippen molar-refractivity contribution < 1.29 is 23.9 Å². The second kappa shape index (κ2) is 43.6. The van der Waals surface area contributed by atoms with Gasteiger partial charge in [-0.05, 0) is 91.5 Å². The molecule has 2 atom stereocenters. The molecule has 0 heterocycles. The van der Waals surface area contributed by atoms with Crippen LogP contribution in [0.15, 0.2) is 0 Å². The van der Waals surface area contributed by atoms with Crippen molar-refractivity contribution in [3.63, 3.8) is 0 Å². The van der Waals surface area contributed by atoms with Gasteiger partial charge < -0.3 is 14.4 Å². The molecule has 0 saturated carbocycles. The number of rotatable bonds is 46. The molecule has 0 aliphatic carbocycles. The Balaban J connectivity index is 4.66. The Hall–Kier alpha value is -1.47. The van der Waals surface area contributed by atoms with Crippen molar-refractivity contribution in [2.24, 2.45) is 11.8 Å². The van der Waals surface area contributed by atoms with Gasteiger partial charge in [0.1, 0.15) is 5.78 Å². The Morgan fingerprint density at radius 3 is 1.10 bits per heavy atom. The van der Waals surface area contributed by atoms with Crippen LogP contribution in [0.2, 0.25) is 0 Å². The number of nitrogens with zero attached hydrogens (tertiary/aromatic N) is 2. The molecule has 0 radical (unpaired) electrons. The molecular formula is C51H100N2O5. The van der Waals surface area contributed by atoms with Crippen molar-refractivity contribution in [2.45, 2.75) is 246 Å². The van der Waals surface area contributed by atoms with Gasteiger partial charge in [-0.25, -0.2) is 0 Å². The first-order chi connectivity index (χ1) is 28.3. The zero-order chi connectivity index (χ0) is 42.7. The van der Waals surface area contributed by atoms with Gasteiger partial charge in [0.15, 0.2) is 0 Å². The molecule has 0 bridgehead atoms. The summed E-state index contributed by atoms with van der Waals surface area (Å²) in [4.78, 5) is 43.5. The van der Waals surface area contributed by atoms with Crippen molar-refractivity contribution in [1.29, 1.82) is 0 Å². The number of hydrogen-bond acceptors (Lipinski definition) is 7. The minimum atomic E-state index is 0.0349. The van der Waals surface area contributed by atoms with Crippen molar-refractivity contribution in [3.8, 4) is 0 Å². The number of carbonyl (C=O) groups is 3. The summed E-state index contributed by atoms with van der Waals surface area (Å²) in [5, 5.41) is 0. The van der Waals surface area contributed by atoms with Gasteiger partial charge in [-0.15, -0.1) is 0 Å². The largest absolute Gasteiger partial charge is 0.465 e. The molecule has 0 aromatic heterocycles. The van der Waals surface area contributed by atoms with Crippen molar-refractivity contribution >= 4 is 17.7 Å². The van der Waals surface area contributed by atoms with Gasteiger partial charge in [0.05, 0.1) is 31.6 Å². The van der Waals surface area contributed by atoms with Crippen LogP contribution in [0.1, 0.15) is 246 Å². The summed E-state index contributed by atoms with van der Waals surface area (Å²) in [5.41, 5.74) is 0. The minimum absolute atomic E-state index is 0.0349. The average molecular weight is 821 g/mol. The fourth-order valence-electron chi connectivity index (χ4n) is 8.09. The molecular weight excluding hydrogens is 721 g/mol. The first-order valence-electron chi connectivity index (χ1n) is 25.5. The predicted molar refractivity (Wildman–Crippen MR) is 249 cm³/mol. The van der Waals surface area contributed by atoms with E-state index in [1.807, 2.05) is 0 Å². The van der Waals surface area contributed by atoms with Crippen LogP contribution in [0.5, 0.6) is 0 Å². The van der Waals surface area contributed by atoms with Crippen molar-refractivity contribution in [1.82, 2.24) is 9.80 Å². The lowest BCUT2D eigenvalue weighted by molar-refractivity contribution is -0.150. The van der Waals surface area contributed by atoms with E-state index in [0.717, 1.165) is 129 Å². The number of ketones is 1. The molecule has 0 aliphatic rings. The molecule has 7 heteroatoms. The molecule has 0 aromatic rings. The third-order valence-corrected chi connectivity index (χ3v) is 12.0. The van der Waals surface area contributed by atoms with Crippen LogP contribution < -0.4 is 0 Å². The summed E-state index contributed by atoms with van der Waals surface area (Å²) in [6.45, 7) is 13.4. The Bertz CT molecular complexity index is 853. The van der Waals surface area contributed by atoms with Gasteiger partial charge >= 0.3 is 11.9 Å². The summed E-state index contributed by atoms with van der Waals surface area (Å²) < 4.78 is 11.7. The maximum atomic E-state index is 13.0. The van der Waals surface area contributed by atoms with Gasteiger partial charge in [0.25, 0.3) is 0 Å². The van der Waals surface area contributed by atoms with Crippen LogP contribution in [0.25, 0.3) is 0 Å². The van der Waals surface area contributed by atoms with Crippen LogP contribution in [0.4, 0.5) is 0 Å². The normalized spacial score (nSPS) is 12.7. The van der Waals surface area contributed by atoms with E-state index >= 15 is 0 Å². The van der Waals surface area contributed by atoms with Crippen LogP contribution in [0.3, 0.4) is 0 Å². The van der Waals surface area contributed by atoms with Crippen molar-refractivity contribution in [2.75, 3.05) is 53.5 Å². The first-order valence-corrected chi connectivity index (χ1v) is 25.5. The van der Waals surface area contributed by atoms with Gasteiger partial charge in [0, 0.05) is 6.42 Å². The number of carbonyl (C=O) groups excluding carboxylic acids is 3. The lowest BCUT2D eigenvalue weighted by Crippen LogP contribution is -2.32. The van der Waals surface area contributed by atoms with Gasteiger partial charge in [-0.1, -0.05) is 182 Å². The summed E-state index contributed by atoms with van der Waals surface area (Å²) in [5.74, 6) is 0.550. The number of Topliss-reactive ketones (excluding diaryl/α,β-unsaturated/α-hetero) is 1.